The monoisotopic (exact) mass is 195 g/mol. The van der Waals surface area contributed by atoms with Gasteiger partial charge in [-0.25, -0.2) is 0 Å². The highest BCUT2D eigenvalue weighted by Gasteiger charge is 2.04. The van der Waals surface area contributed by atoms with Crippen LogP contribution in [0.2, 0.25) is 0 Å². The van der Waals surface area contributed by atoms with Gasteiger partial charge in [-0.1, -0.05) is 0 Å². The van der Waals surface area contributed by atoms with Crippen LogP contribution in [0.1, 0.15) is 0 Å². The van der Waals surface area contributed by atoms with Gasteiger partial charge in [0, 0.05) is 36.7 Å². The second-order valence-electron chi connectivity index (χ2n) is 2.47. The van der Waals surface area contributed by atoms with Gasteiger partial charge >= 0.3 is 0 Å². The molecule has 0 radical (unpaired) electrons. The maximum atomic E-state index is 5.63. The average molecular weight is 195 g/mol. The van der Waals surface area contributed by atoms with Gasteiger partial charge in [-0.3, -0.25) is 0 Å². The first-order chi connectivity index (χ1) is 5.24. The highest BCUT2D eigenvalue weighted by atomic mass is 32.1. The first kappa shape index (κ1) is 11.6. The number of hydrogen-bond donors (Lipinski definition) is 5. The van der Waals surface area contributed by atoms with Crippen molar-refractivity contribution in [3.05, 3.63) is 0 Å². The molecule has 11 heavy (non-hydrogen) atoms. The van der Waals surface area contributed by atoms with E-state index < -0.39 is 0 Å². The van der Waals surface area contributed by atoms with Gasteiger partial charge in [0.1, 0.15) is 0 Å². The second kappa shape index (κ2) is 7.24. The van der Waals surface area contributed by atoms with Crippen LogP contribution in [0.3, 0.4) is 0 Å². The molecule has 5 N–H and O–H groups in total. The summed E-state index contributed by atoms with van der Waals surface area (Å²) in [6.45, 7) is 1.36. The first-order valence-corrected chi connectivity index (χ1v) is 4.91. The lowest BCUT2D eigenvalue weighted by atomic mass is 10.3. The molecule has 68 valence electrons. The lowest BCUT2D eigenvalue weighted by Gasteiger charge is -2.16. The summed E-state index contributed by atoms with van der Waals surface area (Å²) in [5.74, 6) is 1.44. The summed E-state index contributed by atoms with van der Waals surface area (Å²) in [5, 5.41) is 3.19. The Hall–Kier alpha value is 0.580. The van der Waals surface area contributed by atoms with Gasteiger partial charge in [0.2, 0.25) is 0 Å². The minimum absolute atomic E-state index is 0.104. The van der Waals surface area contributed by atoms with Crippen LogP contribution in [0, 0.1) is 0 Å². The molecule has 0 rings (SSSR count). The van der Waals surface area contributed by atoms with Crippen LogP contribution in [0.15, 0.2) is 0 Å². The SMILES string of the molecule is NC[C@@H](CS)NC[C@@H](N)CS. The van der Waals surface area contributed by atoms with E-state index in [1.165, 1.54) is 0 Å². The van der Waals surface area contributed by atoms with Gasteiger partial charge in [0.25, 0.3) is 0 Å². The standard InChI is InChI=1S/C6H17N3S2/c7-1-6(4-11)9-2-5(8)3-10/h5-6,9-11H,1-4,7-8H2/t5-,6+/m1/s1. The van der Waals surface area contributed by atoms with E-state index in [9.17, 15) is 0 Å². The smallest absolute Gasteiger partial charge is 0.0278 e. The Morgan fingerprint density at radius 2 is 1.91 bits per heavy atom. The van der Waals surface area contributed by atoms with Crippen LogP contribution in [-0.4, -0.2) is 36.7 Å². The second-order valence-corrected chi connectivity index (χ2v) is 3.20. The van der Waals surface area contributed by atoms with Crippen molar-refractivity contribution in [2.45, 2.75) is 12.1 Å². The number of nitrogens with one attached hydrogen (secondary N) is 1. The molecule has 0 spiro atoms. The molecule has 0 fully saturated rings. The normalized spacial score (nSPS) is 16.4. The van der Waals surface area contributed by atoms with Crippen molar-refractivity contribution in [1.29, 1.82) is 0 Å². The maximum Gasteiger partial charge on any atom is 0.0278 e. The Balaban J connectivity index is 3.34. The molecule has 0 aliphatic heterocycles. The molecular formula is C6H17N3S2. The van der Waals surface area contributed by atoms with Crippen molar-refractivity contribution in [3.63, 3.8) is 0 Å². The van der Waals surface area contributed by atoms with E-state index >= 15 is 0 Å². The molecule has 0 aliphatic rings. The van der Waals surface area contributed by atoms with E-state index in [1.807, 2.05) is 0 Å². The Bertz CT molecular complexity index is 87.9. The molecule has 5 heteroatoms. The van der Waals surface area contributed by atoms with Crippen molar-refractivity contribution in [2.75, 3.05) is 24.6 Å². The first-order valence-electron chi connectivity index (χ1n) is 3.65. The predicted molar refractivity (Wildman–Crippen MR) is 56.5 cm³/mol. The van der Waals surface area contributed by atoms with Gasteiger partial charge in [-0.15, -0.1) is 0 Å². The Morgan fingerprint density at radius 1 is 1.27 bits per heavy atom. The molecule has 0 aliphatic carbocycles. The number of rotatable bonds is 6. The third kappa shape index (κ3) is 5.81. The molecule has 0 aromatic rings. The van der Waals surface area contributed by atoms with E-state index in [-0.39, 0.29) is 12.1 Å². The molecule has 0 unspecified atom stereocenters. The van der Waals surface area contributed by atoms with Gasteiger partial charge in [-0.2, -0.15) is 25.3 Å². The third-order valence-electron chi connectivity index (χ3n) is 1.41. The van der Waals surface area contributed by atoms with Crippen LogP contribution < -0.4 is 16.8 Å². The summed E-state index contributed by atoms with van der Waals surface area (Å²) < 4.78 is 0. The molecule has 0 amide bonds. The maximum absolute atomic E-state index is 5.63. The highest BCUT2D eigenvalue weighted by Crippen LogP contribution is 1.86. The number of nitrogens with two attached hydrogens (primary N) is 2. The molecule has 0 aromatic heterocycles. The van der Waals surface area contributed by atoms with Crippen LogP contribution in [0.5, 0.6) is 0 Å². The fraction of sp³-hybridized carbons (Fsp3) is 1.00. The lowest BCUT2D eigenvalue weighted by molar-refractivity contribution is 0.532. The zero-order chi connectivity index (χ0) is 8.69. The quantitative estimate of drug-likeness (QED) is 0.357. The van der Waals surface area contributed by atoms with Crippen molar-refractivity contribution < 1.29 is 0 Å². The summed E-state index contributed by atoms with van der Waals surface area (Å²) in [6.07, 6.45) is 0. The highest BCUT2D eigenvalue weighted by molar-refractivity contribution is 7.80. The molecule has 2 atom stereocenters. The Morgan fingerprint density at radius 3 is 2.27 bits per heavy atom. The molecule has 3 nitrogen and oxygen atoms in total. The van der Waals surface area contributed by atoms with Gasteiger partial charge < -0.3 is 16.8 Å². The minimum atomic E-state index is 0.104. The van der Waals surface area contributed by atoms with E-state index in [4.69, 9.17) is 11.5 Å². The van der Waals surface area contributed by atoms with E-state index in [1.54, 1.807) is 0 Å². The number of thiol groups is 2. The van der Waals surface area contributed by atoms with Crippen LogP contribution in [0.25, 0.3) is 0 Å². The van der Waals surface area contributed by atoms with Crippen molar-refractivity contribution in [3.8, 4) is 0 Å². The Labute approximate surface area is 79.1 Å². The Kier molecular flexibility index (Phi) is 7.62. The third-order valence-corrected chi connectivity index (χ3v) is 2.32. The topological polar surface area (TPSA) is 64.1 Å². The number of hydrogen-bond acceptors (Lipinski definition) is 5. The summed E-state index contributed by atoms with van der Waals surface area (Å²) in [5.41, 5.74) is 11.1. The van der Waals surface area contributed by atoms with Crippen molar-refractivity contribution >= 4 is 25.3 Å². The molecule has 0 aromatic carbocycles. The molecule has 0 bridgehead atoms. The summed E-state index contributed by atoms with van der Waals surface area (Å²) in [6, 6.07) is 0.372. The van der Waals surface area contributed by atoms with Gasteiger partial charge in [0.15, 0.2) is 0 Å². The fourth-order valence-electron chi connectivity index (χ4n) is 0.605. The predicted octanol–water partition coefficient (Wildman–Crippen LogP) is -0.910. The van der Waals surface area contributed by atoms with E-state index in [2.05, 4.69) is 30.6 Å². The average Bonchev–Trinajstić information content (AvgIpc) is 2.06. The van der Waals surface area contributed by atoms with Crippen molar-refractivity contribution in [1.82, 2.24) is 5.32 Å². The molecular weight excluding hydrogens is 178 g/mol. The molecule has 0 heterocycles. The lowest BCUT2D eigenvalue weighted by Crippen LogP contribution is -2.44. The fourth-order valence-corrected chi connectivity index (χ4v) is 1.01. The summed E-state index contributed by atoms with van der Waals surface area (Å²) in [4.78, 5) is 0. The van der Waals surface area contributed by atoms with Gasteiger partial charge in [0.05, 0.1) is 0 Å². The molecule has 0 saturated carbocycles. The largest absolute Gasteiger partial charge is 0.329 e. The van der Waals surface area contributed by atoms with Crippen molar-refractivity contribution in [2.24, 2.45) is 11.5 Å². The zero-order valence-corrected chi connectivity index (χ0v) is 8.32. The summed E-state index contributed by atoms with van der Waals surface area (Å²) in [7, 11) is 0. The van der Waals surface area contributed by atoms with E-state index in [0.717, 1.165) is 12.3 Å². The molecule has 0 saturated heterocycles. The minimum Gasteiger partial charge on any atom is -0.329 e. The van der Waals surface area contributed by atoms with Crippen LogP contribution >= 0.6 is 25.3 Å². The van der Waals surface area contributed by atoms with Crippen LogP contribution in [-0.2, 0) is 0 Å². The van der Waals surface area contributed by atoms with Gasteiger partial charge in [-0.05, 0) is 0 Å². The summed E-state index contributed by atoms with van der Waals surface area (Å²) >= 11 is 8.19. The zero-order valence-electron chi connectivity index (χ0n) is 6.53. The van der Waals surface area contributed by atoms with E-state index in [0.29, 0.717) is 12.3 Å². The van der Waals surface area contributed by atoms with Crippen LogP contribution in [0.4, 0.5) is 0 Å².